The van der Waals surface area contributed by atoms with Crippen LogP contribution in [0.15, 0.2) is 18.6 Å². The molecule has 1 aromatic heterocycles. The molecule has 0 fully saturated rings. The Morgan fingerprint density at radius 3 is 2.64 bits per heavy atom. The first-order chi connectivity index (χ1) is 6.52. The summed E-state index contributed by atoms with van der Waals surface area (Å²) in [4.78, 5) is 6.93. The zero-order valence-electron chi connectivity index (χ0n) is 6.83. The number of hydrogen-bond acceptors (Lipinski definition) is 3. The van der Waals surface area contributed by atoms with E-state index in [0.717, 1.165) is 6.33 Å². The molecule has 1 heterocycles. The molecule has 0 amide bonds. The maximum absolute atomic E-state index is 12.3. The largest absolute Gasteiger partial charge is 0.471 e. The number of alkyl halides is 4. The highest BCUT2D eigenvalue weighted by Crippen LogP contribution is 2.23. The van der Waals surface area contributed by atoms with Crippen LogP contribution in [0.1, 0.15) is 0 Å². The fourth-order valence-corrected chi connectivity index (χ4v) is 0.597. The number of ether oxygens (including phenoxy) is 1. The van der Waals surface area contributed by atoms with Crippen molar-refractivity contribution in [2.45, 2.75) is 12.3 Å². The van der Waals surface area contributed by atoms with Gasteiger partial charge in [0.2, 0.25) is 5.88 Å². The molecule has 1 aromatic rings. The number of hydrogen-bond donors (Lipinski definition) is 0. The van der Waals surface area contributed by atoms with Crippen molar-refractivity contribution in [1.29, 1.82) is 0 Å². The molecular formula is C7H6F4N2O. The van der Waals surface area contributed by atoms with E-state index in [4.69, 9.17) is 0 Å². The molecule has 0 aliphatic carbocycles. The Labute approximate surface area is 76.7 Å². The molecule has 0 bridgehead atoms. The third-order valence-corrected chi connectivity index (χ3v) is 1.29. The van der Waals surface area contributed by atoms with Crippen LogP contribution in [-0.2, 0) is 0 Å². The molecule has 0 saturated carbocycles. The van der Waals surface area contributed by atoms with E-state index >= 15 is 0 Å². The van der Waals surface area contributed by atoms with E-state index in [1.807, 2.05) is 0 Å². The maximum atomic E-state index is 12.3. The average molecular weight is 210 g/mol. The molecule has 1 rings (SSSR count). The highest BCUT2D eigenvalue weighted by molar-refractivity contribution is 5.04. The van der Waals surface area contributed by atoms with Crippen LogP contribution >= 0.6 is 0 Å². The number of rotatable bonds is 4. The van der Waals surface area contributed by atoms with Gasteiger partial charge in [-0.1, -0.05) is 0 Å². The van der Waals surface area contributed by atoms with Crippen molar-refractivity contribution in [2.75, 3.05) is 6.61 Å². The number of aromatic nitrogens is 2. The van der Waals surface area contributed by atoms with Crippen LogP contribution in [0, 0.1) is 0 Å². The van der Waals surface area contributed by atoms with Gasteiger partial charge < -0.3 is 4.74 Å². The van der Waals surface area contributed by atoms with Gasteiger partial charge in [-0.2, -0.15) is 8.78 Å². The van der Waals surface area contributed by atoms with Gasteiger partial charge in [-0.05, 0) is 0 Å². The standard InChI is InChI=1S/C7H6F4N2O/c8-6(9)7(10,11)3-14-5-1-2-12-4-13-5/h1-2,4,6H,3H2. The third kappa shape index (κ3) is 2.82. The van der Waals surface area contributed by atoms with Gasteiger partial charge in [0.15, 0.2) is 6.61 Å². The second-order valence-electron chi connectivity index (χ2n) is 2.40. The van der Waals surface area contributed by atoms with E-state index in [2.05, 4.69) is 14.7 Å². The molecule has 0 N–H and O–H groups in total. The highest BCUT2D eigenvalue weighted by atomic mass is 19.3. The summed E-state index contributed by atoms with van der Waals surface area (Å²) >= 11 is 0. The van der Waals surface area contributed by atoms with Crippen LogP contribution < -0.4 is 4.74 Å². The molecule has 0 aliphatic rings. The van der Waals surface area contributed by atoms with Crippen LogP contribution in [0.25, 0.3) is 0 Å². The van der Waals surface area contributed by atoms with Crippen LogP contribution in [0.2, 0.25) is 0 Å². The van der Waals surface area contributed by atoms with Crippen molar-refractivity contribution in [3.05, 3.63) is 18.6 Å². The van der Waals surface area contributed by atoms with Gasteiger partial charge in [-0.3, -0.25) is 0 Å². The summed E-state index contributed by atoms with van der Waals surface area (Å²) in [5.74, 6) is -4.33. The van der Waals surface area contributed by atoms with Crippen molar-refractivity contribution in [1.82, 2.24) is 9.97 Å². The summed E-state index contributed by atoms with van der Waals surface area (Å²) < 4.78 is 52.3. The van der Waals surface area contributed by atoms with E-state index in [0.29, 0.717) is 0 Å². The summed E-state index contributed by atoms with van der Waals surface area (Å²) in [5, 5.41) is 0. The van der Waals surface area contributed by atoms with Crippen molar-refractivity contribution >= 4 is 0 Å². The smallest absolute Gasteiger partial charge is 0.340 e. The van der Waals surface area contributed by atoms with Gasteiger partial charge in [-0.25, -0.2) is 18.7 Å². The summed E-state index contributed by atoms with van der Waals surface area (Å²) in [7, 11) is 0. The lowest BCUT2D eigenvalue weighted by Crippen LogP contribution is -2.33. The summed E-state index contributed by atoms with van der Waals surface area (Å²) in [6.07, 6.45) is -1.43. The fraction of sp³-hybridized carbons (Fsp3) is 0.429. The molecule has 78 valence electrons. The average Bonchev–Trinajstić information content (AvgIpc) is 2.16. The molecule has 3 nitrogen and oxygen atoms in total. The van der Waals surface area contributed by atoms with E-state index < -0.39 is 19.0 Å². The first-order valence-electron chi connectivity index (χ1n) is 3.57. The van der Waals surface area contributed by atoms with Crippen LogP contribution in [-0.4, -0.2) is 28.9 Å². The fourth-order valence-electron chi connectivity index (χ4n) is 0.597. The monoisotopic (exact) mass is 210 g/mol. The van der Waals surface area contributed by atoms with Crippen LogP contribution in [0.5, 0.6) is 5.88 Å². The molecule has 0 aliphatic heterocycles. The van der Waals surface area contributed by atoms with E-state index in [9.17, 15) is 17.6 Å². The second-order valence-corrected chi connectivity index (χ2v) is 2.40. The second kappa shape index (κ2) is 4.21. The lowest BCUT2D eigenvalue weighted by Gasteiger charge is -2.14. The van der Waals surface area contributed by atoms with E-state index in [-0.39, 0.29) is 5.88 Å². The highest BCUT2D eigenvalue weighted by Gasteiger charge is 2.41. The first kappa shape index (κ1) is 10.7. The van der Waals surface area contributed by atoms with E-state index in [1.54, 1.807) is 0 Å². The minimum absolute atomic E-state index is 0.166. The molecule has 0 saturated heterocycles. The van der Waals surface area contributed by atoms with Crippen LogP contribution in [0.4, 0.5) is 17.6 Å². The van der Waals surface area contributed by atoms with Gasteiger partial charge in [-0.15, -0.1) is 0 Å². The van der Waals surface area contributed by atoms with Gasteiger partial charge >= 0.3 is 12.3 Å². The predicted molar refractivity (Wildman–Crippen MR) is 38.5 cm³/mol. The maximum Gasteiger partial charge on any atom is 0.340 e. The lowest BCUT2D eigenvalue weighted by molar-refractivity contribution is -0.148. The third-order valence-electron chi connectivity index (χ3n) is 1.29. The van der Waals surface area contributed by atoms with Gasteiger partial charge in [0.25, 0.3) is 0 Å². The molecule has 0 aromatic carbocycles. The Hall–Kier alpha value is -1.40. The Balaban J connectivity index is 2.49. The molecule has 7 heteroatoms. The lowest BCUT2D eigenvalue weighted by atomic mass is 10.4. The Morgan fingerprint density at radius 2 is 2.14 bits per heavy atom. The normalized spacial score (nSPS) is 11.8. The van der Waals surface area contributed by atoms with Gasteiger partial charge in [0, 0.05) is 12.3 Å². The van der Waals surface area contributed by atoms with Crippen molar-refractivity contribution in [2.24, 2.45) is 0 Å². The Kier molecular flexibility index (Phi) is 3.21. The van der Waals surface area contributed by atoms with Gasteiger partial charge in [0.05, 0.1) is 0 Å². The van der Waals surface area contributed by atoms with Crippen molar-refractivity contribution in [3.8, 4) is 5.88 Å². The molecular weight excluding hydrogens is 204 g/mol. The van der Waals surface area contributed by atoms with Crippen LogP contribution in [0.3, 0.4) is 0 Å². The molecule has 14 heavy (non-hydrogen) atoms. The summed E-state index contributed by atoms with van der Waals surface area (Å²) in [6, 6.07) is 1.20. The molecule has 0 spiro atoms. The molecule has 0 atom stereocenters. The van der Waals surface area contributed by atoms with Crippen molar-refractivity contribution < 1.29 is 22.3 Å². The van der Waals surface area contributed by atoms with Crippen molar-refractivity contribution in [3.63, 3.8) is 0 Å². The number of nitrogens with zero attached hydrogens (tertiary/aromatic N) is 2. The Morgan fingerprint density at radius 1 is 1.43 bits per heavy atom. The Bertz CT molecular complexity index is 280. The summed E-state index contributed by atoms with van der Waals surface area (Å²) in [6.45, 7) is -1.40. The zero-order valence-corrected chi connectivity index (χ0v) is 6.83. The minimum Gasteiger partial charge on any atom is -0.471 e. The van der Waals surface area contributed by atoms with Gasteiger partial charge in [0.1, 0.15) is 6.33 Å². The SMILES string of the molecule is FC(F)C(F)(F)COc1ccncn1. The minimum atomic E-state index is -4.16. The zero-order chi connectivity index (χ0) is 10.6. The predicted octanol–water partition coefficient (Wildman–Crippen LogP) is 1.76. The summed E-state index contributed by atoms with van der Waals surface area (Å²) in [5.41, 5.74) is 0. The molecule has 0 unspecified atom stereocenters. The van der Waals surface area contributed by atoms with E-state index in [1.165, 1.54) is 12.3 Å². The topological polar surface area (TPSA) is 35.0 Å². The first-order valence-corrected chi connectivity index (χ1v) is 3.57. The number of halogens is 4. The molecule has 0 radical (unpaired) electrons. The quantitative estimate of drug-likeness (QED) is 0.710.